The molecule has 0 aliphatic heterocycles. The summed E-state index contributed by atoms with van der Waals surface area (Å²) in [4.78, 5) is 15.4. The van der Waals surface area contributed by atoms with Crippen molar-refractivity contribution in [1.29, 1.82) is 0 Å². The average Bonchev–Trinajstić information content (AvgIpc) is 2.32. The van der Waals surface area contributed by atoms with Crippen molar-refractivity contribution in [3.8, 4) is 0 Å². The van der Waals surface area contributed by atoms with Crippen molar-refractivity contribution in [3.63, 3.8) is 0 Å². The first-order chi connectivity index (χ1) is 8.63. The molecule has 92 valence electrons. The lowest BCUT2D eigenvalue weighted by Gasteiger charge is -2.01. The molecule has 0 saturated carbocycles. The number of aromatic nitrogens is 1. The van der Waals surface area contributed by atoms with Crippen LogP contribution in [0.3, 0.4) is 0 Å². The van der Waals surface area contributed by atoms with Gasteiger partial charge in [-0.25, -0.2) is 9.52 Å². The second kappa shape index (κ2) is 5.37. The zero-order valence-electron chi connectivity index (χ0n) is 9.25. The first-order valence-electron chi connectivity index (χ1n) is 5.12. The van der Waals surface area contributed by atoms with Gasteiger partial charge >= 0.3 is 6.03 Å². The summed E-state index contributed by atoms with van der Waals surface area (Å²) in [6.45, 7) is 0. The molecule has 2 aromatic rings. The highest BCUT2D eigenvalue weighted by Gasteiger charge is 1.99. The summed E-state index contributed by atoms with van der Waals surface area (Å²) in [5.74, 6) is 0. The number of nitrogens with zero attached hydrogens (tertiary/aromatic N) is 2. The molecule has 5 nitrogen and oxygen atoms in total. The summed E-state index contributed by atoms with van der Waals surface area (Å²) < 4.78 is 0.869. The number of halogens is 1. The van der Waals surface area contributed by atoms with E-state index in [1.807, 2.05) is 0 Å². The minimum absolute atomic E-state index is 0.444. The first kappa shape index (κ1) is 12.2. The van der Waals surface area contributed by atoms with E-state index in [9.17, 15) is 4.79 Å². The van der Waals surface area contributed by atoms with Crippen LogP contribution in [0.2, 0.25) is 5.02 Å². The van der Waals surface area contributed by atoms with E-state index >= 15 is 0 Å². The Morgan fingerprint density at radius 2 is 2.00 bits per heavy atom. The van der Waals surface area contributed by atoms with Gasteiger partial charge in [-0.15, -0.1) is 0 Å². The molecule has 0 bridgehead atoms. The molecule has 6 heteroatoms. The lowest BCUT2D eigenvalue weighted by molar-refractivity contribution is 0.184. The Labute approximate surface area is 108 Å². The molecule has 0 atom stereocenters. The van der Waals surface area contributed by atoms with Crippen molar-refractivity contribution in [2.75, 3.05) is 5.32 Å². The van der Waals surface area contributed by atoms with Gasteiger partial charge in [-0.1, -0.05) is 17.7 Å². The maximum absolute atomic E-state index is 11.6. The normalized spacial score (nSPS) is 9.83. The average molecular weight is 264 g/mol. The van der Waals surface area contributed by atoms with E-state index in [-0.39, 0.29) is 0 Å². The highest BCUT2D eigenvalue weighted by atomic mass is 35.5. The molecule has 0 aliphatic rings. The van der Waals surface area contributed by atoms with Crippen molar-refractivity contribution in [2.45, 2.75) is 0 Å². The van der Waals surface area contributed by atoms with E-state index in [1.165, 1.54) is 24.5 Å². The molecule has 0 saturated heterocycles. The number of anilines is 1. The van der Waals surface area contributed by atoms with Gasteiger partial charge in [0, 0.05) is 23.1 Å². The fourth-order valence-electron chi connectivity index (χ4n) is 1.32. The highest BCUT2D eigenvalue weighted by Crippen LogP contribution is 2.14. The predicted molar refractivity (Wildman–Crippen MR) is 67.7 cm³/mol. The fraction of sp³-hybridized carbons (Fsp3) is 0. The van der Waals surface area contributed by atoms with Gasteiger partial charge in [-0.2, -0.15) is 4.99 Å². The molecule has 0 spiro atoms. The van der Waals surface area contributed by atoms with Crippen molar-refractivity contribution in [1.82, 2.24) is 4.73 Å². The molecule has 18 heavy (non-hydrogen) atoms. The van der Waals surface area contributed by atoms with E-state index in [0.717, 1.165) is 4.73 Å². The molecule has 2 N–H and O–H groups in total. The minimum Gasteiger partial charge on any atom is -0.429 e. The van der Waals surface area contributed by atoms with Crippen LogP contribution < -0.4 is 10.7 Å². The molecule has 1 aromatic heterocycles. The van der Waals surface area contributed by atoms with Gasteiger partial charge in [0.2, 0.25) is 0 Å². The van der Waals surface area contributed by atoms with E-state index in [1.54, 1.807) is 24.3 Å². The van der Waals surface area contributed by atoms with Crippen LogP contribution in [0.15, 0.2) is 53.8 Å². The van der Waals surface area contributed by atoms with Crippen LogP contribution in [0.25, 0.3) is 0 Å². The highest BCUT2D eigenvalue weighted by molar-refractivity contribution is 6.30. The van der Waals surface area contributed by atoms with E-state index in [2.05, 4.69) is 10.3 Å². The Hall–Kier alpha value is -2.27. The van der Waals surface area contributed by atoms with Crippen molar-refractivity contribution < 1.29 is 10.0 Å². The Morgan fingerprint density at radius 3 is 2.67 bits per heavy atom. The third-order valence-corrected chi connectivity index (χ3v) is 2.34. The Morgan fingerprint density at radius 1 is 1.28 bits per heavy atom. The minimum atomic E-state index is -0.507. The lowest BCUT2D eigenvalue weighted by atomic mass is 10.3. The topological polar surface area (TPSA) is 66.6 Å². The Bertz CT molecular complexity index is 617. The van der Waals surface area contributed by atoms with Crippen molar-refractivity contribution in [3.05, 3.63) is 59.2 Å². The van der Waals surface area contributed by atoms with Crippen LogP contribution in [0.1, 0.15) is 0 Å². The number of nitrogens with one attached hydrogen (secondary N) is 1. The standard InChI is InChI=1S/C12H10ClN3O2/c13-9-2-1-3-11(8-9)15-12(17)14-10-4-6-16(18)7-5-10/h1-8,18H,(H,15,17). The van der Waals surface area contributed by atoms with Gasteiger partial charge in [-0.05, 0) is 30.3 Å². The Balaban J connectivity index is 2.14. The van der Waals surface area contributed by atoms with Gasteiger partial charge in [0.25, 0.3) is 0 Å². The summed E-state index contributed by atoms with van der Waals surface area (Å²) in [6, 6.07) is 9.30. The molecule has 1 heterocycles. The number of urea groups is 1. The number of pyridine rings is 1. The fourth-order valence-corrected chi connectivity index (χ4v) is 1.51. The van der Waals surface area contributed by atoms with Gasteiger partial charge in [0.05, 0.1) is 5.36 Å². The summed E-state index contributed by atoms with van der Waals surface area (Å²) >= 11 is 5.79. The molecule has 0 unspecified atom stereocenters. The van der Waals surface area contributed by atoms with E-state index in [4.69, 9.17) is 16.8 Å². The van der Waals surface area contributed by atoms with Gasteiger partial charge in [0.1, 0.15) is 0 Å². The van der Waals surface area contributed by atoms with Crippen LogP contribution >= 0.6 is 11.6 Å². The first-order valence-corrected chi connectivity index (χ1v) is 5.50. The largest absolute Gasteiger partial charge is 0.429 e. The van der Waals surface area contributed by atoms with Gasteiger partial charge in [0.15, 0.2) is 0 Å². The summed E-state index contributed by atoms with van der Waals surface area (Å²) in [5, 5.41) is 12.6. The number of hydrogen-bond acceptors (Lipinski definition) is 2. The molecular weight excluding hydrogens is 254 g/mol. The van der Waals surface area contributed by atoms with Crippen LogP contribution in [0.4, 0.5) is 10.5 Å². The smallest absolute Gasteiger partial charge is 0.345 e. The molecule has 0 radical (unpaired) electrons. The van der Waals surface area contributed by atoms with E-state index < -0.39 is 6.03 Å². The number of amides is 2. The third kappa shape index (κ3) is 3.36. The zero-order chi connectivity index (χ0) is 13.0. The van der Waals surface area contributed by atoms with Crippen LogP contribution in [-0.2, 0) is 0 Å². The SMILES string of the molecule is O=C(N=c1ccn(O)cc1)Nc1cccc(Cl)c1. The quantitative estimate of drug-likeness (QED) is 0.777. The van der Waals surface area contributed by atoms with E-state index in [0.29, 0.717) is 16.1 Å². The number of rotatable bonds is 1. The summed E-state index contributed by atoms with van der Waals surface area (Å²) in [5.41, 5.74) is 0.574. The third-order valence-electron chi connectivity index (χ3n) is 2.10. The molecule has 0 aliphatic carbocycles. The maximum atomic E-state index is 11.6. The van der Waals surface area contributed by atoms with Crippen molar-refractivity contribution in [2.24, 2.45) is 4.99 Å². The molecule has 0 fully saturated rings. The lowest BCUT2D eigenvalue weighted by Crippen LogP contribution is -2.12. The van der Waals surface area contributed by atoms with Gasteiger partial charge in [-0.3, -0.25) is 0 Å². The second-order valence-corrected chi connectivity index (χ2v) is 3.93. The number of benzene rings is 1. The van der Waals surface area contributed by atoms with Crippen LogP contribution in [-0.4, -0.2) is 16.0 Å². The number of carbonyl (C=O) groups excluding carboxylic acids is 1. The van der Waals surface area contributed by atoms with Crippen molar-refractivity contribution >= 4 is 23.3 Å². The Kier molecular flexibility index (Phi) is 3.64. The summed E-state index contributed by atoms with van der Waals surface area (Å²) in [7, 11) is 0. The monoisotopic (exact) mass is 263 g/mol. The molecule has 1 aromatic carbocycles. The van der Waals surface area contributed by atoms with Crippen LogP contribution in [0, 0.1) is 0 Å². The molecular formula is C12H10ClN3O2. The number of hydrogen-bond donors (Lipinski definition) is 2. The molecule has 2 rings (SSSR count). The van der Waals surface area contributed by atoms with Crippen LogP contribution in [0.5, 0.6) is 0 Å². The molecule has 2 amide bonds. The predicted octanol–water partition coefficient (Wildman–Crippen LogP) is 2.51. The number of carbonyl (C=O) groups is 1. The maximum Gasteiger partial charge on any atom is 0.345 e. The summed E-state index contributed by atoms with van der Waals surface area (Å²) in [6.07, 6.45) is 2.76. The second-order valence-electron chi connectivity index (χ2n) is 3.49. The zero-order valence-corrected chi connectivity index (χ0v) is 10.0. The van der Waals surface area contributed by atoms with Gasteiger partial charge < -0.3 is 10.5 Å².